The average Bonchev–Trinajstić information content (AvgIpc) is 2.66. The van der Waals surface area contributed by atoms with Crippen molar-refractivity contribution >= 4 is 11.9 Å². The molecule has 0 N–H and O–H groups in total. The van der Waals surface area contributed by atoms with Crippen molar-refractivity contribution in [3.63, 3.8) is 0 Å². The zero-order valence-electron chi connectivity index (χ0n) is 15.8. The number of ether oxygens (including phenoxy) is 3. The molecule has 0 aliphatic rings. The number of hydrogen-bond donors (Lipinski definition) is 0. The molecule has 0 radical (unpaired) electrons. The molecule has 30 heavy (non-hydrogen) atoms. The van der Waals surface area contributed by atoms with E-state index in [9.17, 15) is 44.7 Å². The van der Waals surface area contributed by atoms with E-state index >= 15 is 0 Å². The first kappa shape index (κ1) is 25.6. The number of carbonyl (C=O) groups is 2. The van der Waals surface area contributed by atoms with Gasteiger partial charge in [0.05, 0.1) is 12.0 Å². The molecule has 0 aromatic heterocycles. The minimum Gasteiger partial charge on any atom is -0.450 e. The highest BCUT2D eigenvalue weighted by molar-refractivity contribution is 5.83. The fourth-order valence-electron chi connectivity index (χ4n) is 1.91. The molecule has 5 nitrogen and oxygen atoms in total. The lowest BCUT2D eigenvalue weighted by Crippen LogP contribution is -2.39. The number of halogens is 8. The van der Waals surface area contributed by atoms with Crippen LogP contribution in [-0.2, 0) is 19.1 Å². The molecule has 0 aliphatic heterocycles. The molecule has 2 unspecified atom stereocenters. The Labute approximate surface area is 164 Å². The van der Waals surface area contributed by atoms with Crippen LogP contribution in [-0.4, -0.2) is 37.4 Å². The van der Waals surface area contributed by atoms with E-state index in [1.807, 2.05) is 0 Å². The van der Waals surface area contributed by atoms with Crippen molar-refractivity contribution in [1.29, 1.82) is 0 Å². The predicted molar refractivity (Wildman–Crippen MR) is 82.7 cm³/mol. The largest absolute Gasteiger partial charge is 0.450 e. The third-order valence-corrected chi connectivity index (χ3v) is 3.95. The molecule has 0 spiro atoms. The predicted octanol–water partition coefficient (Wildman–Crippen LogP) is 4.21. The van der Waals surface area contributed by atoms with Crippen LogP contribution in [0.1, 0.15) is 27.2 Å². The van der Waals surface area contributed by atoms with Gasteiger partial charge in [-0.15, -0.1) is 0 Å². The Morgan fingerprint density at radius 3 is 1.80 bits per heavy atom. The van der Waals surface area contributed by atoms with E-state index in [0.717, 1.165) is 6.92 Å². The fourth-order valence-corrected chi connectivity index (χ4v) is 1.91. The summed E-state index contributed by atoms with van der Waals surface area (Å²) < 4.78 is 116. The smallest absolute Gasteiger partial charge is 0.411 e. The monoisotopic (exact) mass is 452 g/mol. The summed E-state index contributed by atoms with van der Waals surface area (Å²) in [6.45, 7) is 1.07. The molecule has 0 saturated heterocycles. The highest BCUT2D eigenvalue weighted by Crippen LogP contribution is 2.30. The molecule has 1 rings (SSSR count). The zero-order valence-corrected chi connectivity index (χ0v) is 15.8. The second-order valence-electron chi connectivity index (χ2n) is 6.39. The Morgan fingerprint density at radius 2 is 1.37 bits per heavy atom. The van der Waals surface area contributed by atoms with Crippen LogP contribution < -0.4 is 4.74 Å². The first-order valence-electron chi connectivity index (χ1n) is 8.23. The molecule has 0 amide bonds. The quantitative estimate of drug-likeness (QED) is 0.194. The second-order valence-corrected chi connectivity index (χ2v) is 6.39. The van der Waals surface area contributed by atoms with E-state index in [-0.39, 0.29) is 6.42 Å². The SMILES string of the molecule is CCC(C)(COCC(F)(F)F)C(=O)OC(C)C(=O)Oc1c(F)c(F)c(F)c(F)c1F. The summed E-state index contributed by atoms with van der Waals surface area (Å²) in [6, 6.07) is 0. The van der Waals surface area contributed by atoms with Crippen LogP contribution in [0.3, 0.4) is 0 Å². The topological polar surface area (TPSA) is 61.8 Å². The van der Waals surface area contributed by atoms with Crippen molar-refractivity contribution in [1.82, 2.24) is 0 Å². The van der Waals surface area contributed by atoms with Gasteiger partial charge in [-0.3, -0.25) is 4.79 Å². The average molecular weight is 452 g/mol. The lowest BCUT2D eigenvalue weighted by molar-refractivity contribution is -0.190. The molecule has 0 saturated carbocycles. The Hall–Kier alpha value is -2.44. The number of alkyl halides is 3. The van der Waals surface area contributed by atoms with Gasteiger partial charge in [-0.1, -0.05) is 6.92 Å². The zero-order chi connectivity index (χ0) is 23.4. The summed E-state index contributed by atoms with van der Waals surface area (Å²) in [5, 5.41) is 0. The molecule has 2 atom stereocenters. The molecule has 0 bridgehead atoms. The number of hydrogen-bond acceptors (Lipinski definition) is 5. The van der Waals surface area contributed by atoms with E-state index in [4.69, 9.17) is 4.74 Å². The van der Waals surface area contributed by atoms with E-state index in [1.54, 1.807) is 0 Å². The summed E-state index contributed by atoms with van der Waals surface area (Å²) in [4.78, 5) is 24.1. The summed E-state index contributed by atoms with van der Waals surface area (Å²) in [5.74, 6) is -16.8. The highest BCUT2D eigenvalue weighted by atomic mass is 19.4. The minimum atomic E-state index is -4.65. The van der Waals surface area contributed by atoms with Gasteiger partial charge in [-0.2, -0.15) is 22.0 Å². The van der Waals surface area contributed by atoms with Gasteiger partial charge in [0.2, 0.25) is 34.8 Å². The van der Waals surface area contributed by atoms with Crippen molar-refractivity contribution in [2.75, 3.05) is 13.2 Å². The molecule has 13 heteroatoms. The Morgan fingerprint density at radius 1 is 0.900 bits per heavy atom. The molecular formula is C17H16F8O5. The van der Waals surface area contributed by atoms with Gasteiger partial charge in [0.15, 0.2) is 6.10 Å². The molecule has 1 aromatic rings. The highest BCUT2D eigenvalue weighted by Gasteiger charge is 2.38. The lowest BCUT2D eigenvalue weighted by Gasteiger charge is -2.27. The van der Waals surface area contributed by atoms with E-state index < -0.39 is 77.7 Å². The number of rotatable bonds is 8. The first-order valence-corrected chi connectivity index (χ1v) is 8.23. The number of carbonyl (C=O) groups excluding carboxylic acids is 2. The lowest BCUT2D eigenvalue weighted by atomic mass is 9.89. The van der Waals surface area contributed by atoms with Crippen molar-refractivity contribution in [2.24, 2.45) is 5.41 Å². The van der Waals surface area contributed by atoms with Crippen LogP contribution in [0, 0.1) is 34.5 Å². The summed E-state index contributed by atoms with van der Waals surface area (Å²) in [5.41, 5.74) is -1.63. The molecule has 0 heterocycles. The van der Waals surface area contributed by atoms with Crippen LogP contribution in [0.25, 0.3) is 0 Å². The van der Waals surface area contributed by atoms with E-state index in [0.29, 0.717) is 0 Å². The van der Waals surface area contributed by atoms with Gasteiger partial charge in [-0.25, -0.2) is 18.0 Å². The Kier molecular flexibility index (Phi) is 8.17. The standard InChI is InChI=1S/C17H16F8O5/c1-4-16(3,5-28-6-17(23,24)25)15(27)29-7(2)14(26)30-13-11(21)9(19)8(18)10(20)12(13)22/h7H,4-6H2,1-3H3. The van der Waals surface area contributed by atoms with Crippen molar-refractivity contribution in [2.45, 2.75) is 39.5 Å². The number of esters is 2. The van der Waals surface area contributed by atoms with Crippen molar-refractivity contribution in [3.05, 3.63) is 29.1 Å². The summed E-state index contributed by atoms with van der Waals surface area (Å²) in [6.07, 6.45) is -6.63. The van der Waals surface area contributed by atoms with Gasteiger partial charge < -0.3 is 14.2 Å². The van der Waals surface area contributed by atoms with E-state index in [2.05, 4.69) is 9.47 Å². The minimum absolute atomic E-state index is 0.0803. The van der Waals surface area contributed by atoms with E-state index in [1.165, 1.54) is 13.8 Å². The van der Waals surface area contributed by atoms with Crippen LogP contribution >= 0.6 is 0 Å². The van der Waals surface area contributed by atoms with Crippen LogP contribution in [0.5, 0.6) is 5.75 Å². The molecule has 170 valence electrons. The molecular weight excluding hydrogens is 436 g/mol. The van der Waals surface area contributed by atoms with Crippen molar-refractivity contribution < 1.29 is 58.9 Å². The van der Waals surface area contributed by atoms with Gasteiger partial charge in [0.1, 0.15) is 6.61 Å². The maximum Gasteiger partial charge on any atom is 0.411 e. The van der Waals surface area contributed by atoms with Gasteiger partial charge in [0, 0.05) is 0 Å². The van der Waals surface area contributed by atoms with Crippen LogP contribution in [0.4, 0.5) is 35.1 Å². The maximum absolute atomic E-state index is 13.6. The molecule has 0 aliphatic carbocycles. The summed E-state index contributed by atoms with van der Waals surface area (Å²) >= 11 is 0. The third-order valence-electron chi connectivity index (χ3n) is 3.95. The Balaban J connectivity index is 2.88. The molecule has 0 fully saturated rings. The van der Waals surface area contributed by atoms with Crippen LogP contribution in [0.2, 0.25) is 0 Å². The summed E-state index contributed by atoms with van der Waals surface area (Å²) in [7, 11) is 0. The normalized spacial score (nSPS) is 14.8. The van der Waals surface area contributed by atoms with Crippen LogP contribution in [0.15, 0.2) is 0 Å². The first-order chi connectivity index (χ1) is 13.6. The maximum atomic E-state index is 13.6. The van der Waals surface area contributed by atoms with Gasteiger partial charge >= 0.3 is 18.1 Å². The van der Waals surface area contributed by atoms with Gasteiger partial charge in [0.25, 0.3) is 0 Å². The second kappa shape index (κ2) is 9.58. The fraction of sp³-hybridized carbons (Fsp3) is 0.529. The molecule has 1 aromatic carbocycles. The van der Waals surface area contributed by atoms with Gasteiger partial charge in [-0.05, 0) is 20.3 Å². The number of benzene rings is 1. The van der Waals surface area contributed by atoms with Crippen molar-refractivity contribution in [3.8, 4) is 5.75 Å². The third kappa shape index (κ3) is 6.03. The Bertz CT molecular complexity index is 781.